The van der Waals surface area contributed by atoms with Gasteiger partial charge in [-0.25, -0.2) is 8.78 Å². The van der Waals surface area contributed by atoms with Gasteiger partial charge in [-0.3, -0.25) is 4.79 Å². The number of carbonyl (C=O) groups is 1. The lowest BCUT2D eigenvalue weighted by Crippen LogP contribution is -2.06. The van der Waals surface area contributed by atoms with Gasteiger partial charge < -0.3 is 4.42 Å². The zero-order chi connectivity index (χ0) is 12.6. The minimum Gasteiger partial charge on any atom is -0.458 e. The van der Waals surface area contributed by atoms with E-state index in [1.165, 1.54) is 6.07 Å². The predicted molar refractivity (Wildman–Crippen MR) is 60.9 cm³/mol. The zero-order valence-electron chi connectivity index (χ0n) is 8.76. The molecule has 0 aliphatic heterocycles. The molecule has 0 spiro atoms. The molecular formula is C12H7BrF2O2. The quantitative estimate of drug-likeness (QED) is 0.788. The van der Waals surface area contributed by atoms with Crippen LogP contribution in [0.2, 0.25) is 0 Å². The van der Waals surface area contributed by atoms with E-state index in [0.717, 1.165) is 12.1 Å². The molecule has 0 bridgehead atoms. The van der Waals surface area contributed by atoms with E-state index in [1.807, 2.05) is 0 Å². The number of furan rings is 1. The number of benzene rings is 1. The normalized spacial score (nSPS) is 10.6. The molecule has 0 aliphatic rings. The Morgan fingerprint density at radius 2 is 1.82 bits per heavy atom. The van der Waals surface area contributed by atoms with Crippen molar-refractivity contribution in [1.29, 1.82) is 0 Å². The lowest BCUT2D eigenvalue weighted by atomic mass is 10.1. The predicted octanol–water partition coefficient (Wildman–Crippen LogP) is 3.86. The fraction of sp³-hybridized carbons (Fsp3) is 0.0833. The van der Waals surface area contributed by atoms with Gasteiger partial charge in [0.25, 0.3) is 0 Å². The van der Waals surface area contributed by atoms with E-state index >= 15 is 0 Å². The van der Waals surface area contributed by atoms with Crippen molar-refractivity contribution in [2.45, 2.75) is 6.92 Å². The van der Waals surface area contributed by atoms with Crippen LogP contribution in [0, 0.1) is 18.6 Å². The van der Waals surface area contributed by atoms with Crippen LogP contribution < -0.4 is 0 Å². The number of hydrogen-bond acceptors (Lipinski definition) is 2. The third kappa shape index (κ3) is 2.29. The largest absolute Gasteiger partial charge is 0.458 e. The van der Waals surface area contributed by atoms with Crippen molar-refractivity contribution in [3.63, 3.8) is 0 Å². The van der Waals surface area contributed by atoms with E-state index in [2.05, 4.69) is 15.9 Å². The van der Waals surface area contributed by atoms with Crippen LogP contribution in [0.3, 0.4) is 0 Å². The van der Waals surface area contributed by atoms with E-state index in [4.69, 9.17) is 4.42 Å². The second-order valence-corrected chi connectivity index (χ2v) is 4.40. The third-order valence-corrected chi connectivity index (χ3v) is 2.66. The molecule has 0 saturated heterocycles. The highest BCUT2D eigenvalue weighted by atomic mass is 79.9. The van der Waals surface area contributed by atoms with Crippen LogP contribution >= 0.6 is 15.9 Å². The van der Waals surface area contributed by atoms with Gasteiger partial charge in [-0.15, -0.1) is 0 Å². The summed E-state index contributed by atoms with van der Waals surface area (Å²) in [6.07, 6.45) is 0. The summed E-state index contributed by atoms with van der Waals surface area (Å²) in [5.74, 6) is -2.22. The molecule has 2 aromatic rings. The first-order valence-corrected chi connectivity index (χ1v) is 5.54. The fourth-order valence-electron chi connectivity index (χ4n) is 1.44. The molecule has 1 heterocycles. The van der Waals surface area contributed by atoms with E-state index in [-0.39, 0.29) is 10.2 Å². The molecule has 0 radical (unpaired) electrons. The summed E-state index contributed by atoms with van der Waals surface area (Å²) in [6, 6.07) is 5.01. The highest BCUT2D eigenvalue weighted by molar-refractivity contribution is 9.10. The van der Waals surface area contributed by atoms with Crippen LogP contribution in [0.25, 0.3) is 0 Å². The summed E-state index contributed by atoms with van der Waals surface area (Å²) in [6.45, 7) is 1.64. The molecule has 0 atom stereocenters. The summed E-state index contributed by atoms with van der Waals surface area (Å²) >= 11 is 2.94. The highest BCUT2D eigenvalue weighted by Gasteiger charge is 2.22. The maximum Gasteiger partial charge on any atom is 0.234 e. The summed E-state index contributed by atoms with van der Waals surface area (Å²) in [4.78, 5) is 11.8. The van der Waals surface area contributed by atoms with Crippen LogP contribution in [0.4, 0.5) is 8.78 Å². The highest BCUT2D eigenvalue weighted by Crippen LogP contribution is 2.22. The summed E-state index contributed by atoms with van der Waals surface area (Å²) < 4.78 is 32.3. The lowest BCUT2D eigenvalue weighted by molar-refractivity contribution is 0.1000. The molecule has 0 unspecified atom stereocenters. The van der Waals surface area contributed by atoms with Crippen molar-refractivity contribution in [2.75, 3.05) is 0 Å². The Kier molecular flexibility index (Phi) is 3.11. The van der Waals surface area contributed by atoms with E-state index in [1.54, 1.807) is 13.0 Å². The smallest absolute Gasteiger partial charge is 0.234 e. The number of rotatable bonds is 2. The maximum atomic E-state index is 13.5. The molecular weight excluding hydrogens is 294 g/mol. The maximum absolute atomic E-state index is 13.5. The Labute approximate surface area is 104 Å². The van der Waals surface area contributed by atoms with Gasteiger partial charge in [-0.1, -0.05) is 15.9 Å². The Balaban J connectivity index is 2.51. The van der Waals surface area contributed by atoms with Gasteiger partial charge in [-0.2, -0.15) is 0 Å². The van der Waals surface area contributed by atoms with E-state index < -0.39 is 23.0 Å². The third-order valence-electron chi connectivity index (χ3n) is 2.20. The minimum atomic E-state index is -0.920. The number of hydrogen-bond donors (Lipinski definition) is 0. The van der Waals surface area contributed by atoms with Gasteiger partial charge in [0.15, 0.2) is 5.76 Å². The molecule has 0 saturated carbocycles. The van der Waals surface area contributed by atoms with Crippen molar-refractivity contribution in [1.82, 2.24) is 0 Å². The van der Waals surface area contributed by atoms with Gasteiger partial charge in [0.1, 0.15) is 17.4 Å². The zero-order valence-corrected chi connectivity index (χ0v) is 10.3. The lowest BCUT2D eigenvalue weighted by Gasteiger charge is -2.02. The molecule has 2 rings (SSSR count). The minimum absolute atomic E-state index is 0.0809. The van der Waals surface area contributed by atoms with E-state index in [0.29, 0.717) is 5.76 Å². The van der Waals surface area contributed by atoms with Gasteiger partial charge in [0, 0.05) is 4.47 Å². The molecule has 1 aromatic heterocycles. The number of carbonyl (C=O) groups excluding carboxylic acids is 1. The first-order chi connectivity index (χ1) is 7.99. The van der Waals surface area contributed by atoms with Crippen LogP contribution in [-0.2, 0) is 0 Å². The number of ketones is 1. The van der Waals surface area contributed by atoms with Crippen molar-refractivity contribution in [3.8, 4) is 0 Å². The fourth-order valence-corrected chi connectivity index (χ4v) is 1.84. The second kappa shape index (κ2) is 4.41. The molecule has 5 heteroatoms. The van der Waals surface area contributed by atoms with Crippen molar-refractivity contribution < 1.29 is 18.0 Å². The van der Waals surface area contributed by atoms with Crippen molar-refractivity contribution in [2.24, 2.45) is 0 Å². The monoisotopic (exact) mass is 300 g/mol. The van der Waals surface area contributed by atoms with Gasteiger partial charge in [0.05, 0.1) is 5.56 Å². The SMILES string of the molecule is Cc1ccc(C(=O)c2c(F)cc(Br)cc2F)o1. The molecule has 2 nitrogen and oxygen atoms in total. The Hall–Kier alpha value is -1.49. The number of halogens is 3. The van der Waals surface area contributed by atoms with Crippen LogP contribution in [0.5, 0.6) is 0 Å². The molecule has 0 aliphatic carbocycles. The average molecular weight is 301 g/mol. The first-order valence-electron chi connectivity index (χ1n) is 4.74. The molecule has 1 aromatic carbocycles. The molecule has 0 N–H and O–H groups in total. The molecule has 17 heavy (non-hydrogen) atoms. The van der Waals surface area contributed by atoms with Gasteiger partial charge in [0.2, 0.25) is 5.78 Å². The van der Waals surface area contributed by atoms with E-state index in [9.17, 15) is 13.6 Å². The van der Waals surface area contributed by atoms with Crippen molar-refractivity contribution in [3.05, 3.63) is 57.5 Å². The molecule has 88 valence electrons. The van der Waals surface area contributed by atoms with Crippen LogP contribution in [0.15, 0.2) is 33.2 Å². The van der Waals surface area contributed by atoms with Crippen LogP contribution in [-0.4, -0.2) is 5.78 Å². The summed E-state index contributed by atoms with van der Waals surface area (Å²) in [5.41, 5.74) is -0.609. The van der Waals surface area contributed by atoms with Gasteiger partial charge >= 0.3 is 0 Å². The molecule has 0 fully saturated rings. The van der Waals surface area contributed by atoms with Gasteiger partial charge in [-0.05, 0) is 31.2 Å². The summed E-state index contributed by atoms with van der Waals surface area (Å²) in [5, 5.41) is 0. The Morgan fingerprint density at radius 3 is 2.29 bits per heavy atom. The topological polar surface area (TPSA) is 30.2 Å². The standard InChI is InChI=1S/C12H7BrF2O2/c1-6-2-3-10(17-6)12(16)11-8(14)4-7(13)5-9(11)15/h2-5H,1H3. The van der Waals surface area contributed by atoms with Crippen molar-refractivity contribution >= 4 is 21.7 Å². The van der Waals surface area contributed by atoms with Crippen LogP contribution in [0.1, 0.15) is 21.9 Å². The summed E-state index contributed by atoms with van der Waals surface area (Å²) in [7, 11) is 0. The number of aryl methyl sites for hydroxylation is 1. The average Bonchev–Trinajstić information content (AvgIpc) is 2.63. The Bertz CT molecular complexity index is 567. The Morgan fingerprint density at radius 1 is 1.24 bits per heavy atom. The second-order valence-electron chi connectivity index (χ2n) is 3.48. The first kappa shape index (κ1) is 12.0. The molecule has 0 amide bonds.